The second-order valence-corrected chi connectivity index (χ2v) is 5.25. The molecule has 0 bridgehead atoms. The minimum absolute atomic E-state index is 0.141. The average molecular weight is 291 g/mol. The van der Waals surface area contributed by atoms with Crippen molar-refractivity contribution in [2.24, 2.45) is 0 Å². The number of hydrogen-bond acceptors (Lipinski definition) is 6. The molecule has 0 saturated carbocycles. The smallest absolute Gasteiger partial charge is 0.251 e. The van der Waals surface area contributed by atoms with E-state index in [2.05, 4.69) is 32.2 Å². The highest BCUT2D eigenvalue weighted by atomic mass is 32.2. The molecular formula is C13H17N5OS. The molecule has 0 spiro atoms. The molecule has 2 rings (SSSR count). The van der Waals surface area contributed by atoms with Crippen LogP contribution in [0.5, 0.6) is 0 Å². The van der Waals surface area contributed by atoms with Crippen LogP contribution in [0.3, 0.4) is 0 Å². The fourth-order valence-electron chi connectivity index (χ4n) is 1.69. The van der Waals surface area contributed by atoms with E-state index in [-0.39, 0.29) is 5.56 Å². The van der Waals surface area contributed by atoms with Gasteiger partial charge in [-0.1, -0.05) is 13.3 Å². The van der Waals surface area contributed by atoms with Crippen LogP contribution < -0.4 is 10.9 Å². The highest BCUT2D eigenvalue weighted by molar-refractivity contribution is 7.99. The normalized spacial score (nSPS) is 10.7. The van der Waals surface area contributed by atoms with E-state index in [4.69, 9.17) is 0 Å². The van der Waals surface area contributed by atoms with Crippen LogP contribution in [0.15, 0.2) is 33.6 Å². The number of H-pyrrole nitrogens is 1. The highest BCUT2D eigenvalue weighted by Gasteiger charge is 2.05. The van der Waals surface area contributed by atoms with Gasteiger partial charge in [0.25, 0.3) is 5.56 Å². The maximum atomic E-state index is 11.6. The van der Waals surface area contributed by atoms with Gasteiger partial charge in [0.15, 0.2) is 10.3 Å². The van der Waals surface area contributed by atoms with E-state index in [9.17, 15) is 4.79 Å². The molecule has 0 fully saturated rings. The molecule has 0 aliphatic carbocycles. The molecular weight excluding hydrogens is 274 g/mol. The molecule has 0 radical (unpaired) electrons. The molecule has 2 aromatic rings. The van der Waals surface area contributed by atoms with E-state index in [0.29, 0.717) is 10.3 Å². The van der Waals surface area contributed by atoms with Gasteiger partial charge in [-0.2, -0.15) is 0 Å². The number of nitrogens with one attached hydrogen (secondary N) is 2. The fourth-order valence-corrected chi connectivity index (χ4v) is 2.39. The number of aromatic amines is 1. The zero-order chi connectivity index (χ0) is 14.4. The molecule has 20 heavy (non-hydrogen) atoms. The summed E-state index contributed by atoms with van der Waals surface area (Å²) in [6.45, 7) is 2.78. The number of aryl methyl sites for hydroxylation is 1. The molecule has 6 nitrogen and oxygen atoms in total. The topological polar surface area (TPSA) is 83.6 Å². The highest BCUT2D eigenvalue weighted by Crippen LogP contribution is 2.19. The van der Waals surface area contributed by atoms with Gasteiger partial charge < -0.3 is 10.3 Å². The van der Waals surface area contributed by atoms with Gasteiger partial charge in [0.1, 0.15) is 0 Å². The zero-order valence-electron chi connectivity index (χ0n) is 11.5. The summed E-state index contributed by atoms with van der Waals surface area (Å²) in [5.74, 6) is 0. The summed E-state index contributed by atoms with van der Waals surface area (Å²) in [6, 6.07) is 1.53. The first kappa shape index (κ1) is 14.7. The Bertz CT molecular complexity index is 611. The van der Waals surface area contributed by atoms with Gasteiger partial charge in [0.05, 0.1) is 0 Å². The van der Waals surface area contributed by atoms with Gasteiger partial charge in [-0.15, -0.1) is 0 Å². The van der Waals surface area contributed by atoms with E-state index < -0.39 is 0 Å². The van der Waals surface area contributed by atoms with Gasteiger partial charge in [-0.05, 0) is 25.2 Å². The van der Waals surface area contributed by atoms with Crippen molar-refractivity contribution < 1.29 is 0 Å². The summed E-state index contributed by atoms with van der Waals surface area (Å²) in [5.41, 5.74) is 1.67. The van der Waals surface area contributed by atoms with Gasteiger partial charge in [0, 0.05) is 36.3 Å². The lowest BCUT2D eigenvalue weighted by molar-refractivity contribution is 0.789. The number of rotatable bonds is 6. The predicted molar refractivity (Wildman–Crippen MR) is 77.8 cm³/mol. The first-order valence-electron chi connectivity index (χ1n) is 6.45. The Morgan fingerprint density at radius 3 is 2.75 bits per heavy atom. The Labute approximate surface area is 121 Å². The van der Waals surface area contributed by atoms with E-state index in [1.165, 1.54) is 17.8 Å². The third kappa shape index (κ3) is 4.14. The Morgan fingerprint density at radius 2 is 2.10 bits per heavy atom. The van der Waals surface area contributed by atoms with Gasteiger partial charge in [-0.25, -0.2) is 15.0 Å². The summed E-state index contributed by atoms with van der Waals surface area (Å²) in [6.07, 6.45) is 5.27. The quantitative estimate of drug-likeness (QED) is 0.782. The van der Waals surface area contributed by atoms with Crippen molar-refractivity contribution in [3.63, 3.8) is 0 Å². The van der Waals surface area contributed by atoms with Crippen LogP contribution in [0, 0.1) is 0 Å². The second kappa shape index (κ2) is 7.16. The maximum absolute atomic E-state index is 11.6. The monoisotopic (exact) mass is 291 g/mol. The summed E-state index contributed by atoms with van der Waals surface area (Å²) in [7, 11) is 1.87. The number of nitrogens with zero attached hydrogens (tertiary/aromatic N) is 3. The van der Waals surface area contributed by atoms with E-state index in [1.807, 2.05) is 7.05 Å². The van der Waals surface area contributed by atoms with Crippen LogP contribution in [-0.2, 0) is 13.0 Å². The second-order valence-electron chi connectivity index (χ2n) is 4.30. The summed E-state index contributed by atoms with van der Waals surface area (Å²) in [5, 5.41) is 4.14. The SMILES string of the molecule is CCCc1cc(=O)[nH]c(Sc2ncc(CNC)cn2)n1. The molecule has 2 N–H and O–H groups in total. The van der Waals surface area contributed by atoms with Crippen LogP contribution in [0.1, 0.15) is 24.6 Å². The van der Waals surface area contributed by atoms with Crippen molar-refractivity contribution >= 4 is 11.8 Å². The lowest BCUT2D eigenvalue weighted by Crippen LogP contribution is -2.10. The Balaban J connectivity index is 2.14. The molecule has 0 unspecified atom stereocenters. The predicted octanol–water partition coefficient (Wildman–Crippen LogP) is 1.38. The van der Waals surface area contributed by atoms with Crippen LogP contribution in [0.25, 0.3) is 0 Å². The Hall–Kier alpha value is -1.73. The molecule has 0 saturated heterocycles. The molecule has 7 heteroatoms. The summed E-state index contributed by atoms with van der Waals surface area (Å²) >= 11 is 1.26. The first-order valence-corrected chi connectivity index (χ1v) is 7.26. The lowest BCUT2D eigenvalue weighted by atomic mass is 10.2. The standard InChI is InChI=1S/C13H17N5OS/c1-3-4-10-5-11(19)18-13(17-10)20-12-15-7-9(6-14-2)8-16-12/h5,7-8,14H,3-4,6H2,1-2H3,(H,17,18,19). The summed E-state index contributed by atoms with van der Waals surface area (Å²) in [4.78, 5) is 27.1. The van der Waals surface area contributed by atoms with Crippen molar-refractivity contribution in [2.45, 2.75) is 36.6 Å². The van der Waals surface area contributed by atoms with Crippen LogP contribution in [0.2, 0.25) is 0 Å². The van der Waals surface area contributed by atoms with Crippen molar-refractivity contribution in [1.29, 1.82) is 0 Å². The van der Waals surface area contributed by atoms with Crippen molar-refractivity contribution in [1.82, 2.24) is 25.3 Å². The van der Waals surface area contributed by atoms with Crippen LogP contribution >= 0.6 is 11.8 Å². The zero-order valence-corrected chi connectivity index (χ0v) is 12.3. The Kier molecular flexibility index (Phi) is 5.25. The number of hydrogen-bond donors (Lipinski definition) is 2. The van der Waals surface area contributed by atoms with Gasteiger partial charge >= 0.3 is 0 Å². The third-order valence-corrected chi connectivity index (χ3v) is 3.31. The largest absolute Gasteiger partial charge is 0.316 e. The van der Waals surface area contributed by atoms with E-state index >= 15 is 0 Å². The van der Waals surface area contributed by atoms with Crippen molar-refractivity contribution in [2.75, 3.05) is 7.05 Å². The molecule has 0 aliphatic rings. The van der Waals surface area contributed by atoms with Crippen LogP contribution in [-0.4, -0.2) is 27.0 Å². The maximum Gasteiger partial charge on any atom is 0.251 e. The fraction of sp³-hybridized carbons (Fsp3) is 0.385. The molecule has 0 aliphatic heterocycles. The molecule has 0 amide bonds. The molecule has 2 heterocycles. The van der Waals surface area contributed by atoms with Crippen LogP contribution in [0.4, 0.5) is 0 Å². The van der Waals surface area contributed by atoms with Gasteiger partial charge in [-0.3, -0.25) is 4.79 Å². The molecule has 106 valence electrons. The van der Waals surface area contributed by atoms with E-state index in [1.54, 1.807) is 12.4 Å². The van der Waals surface area contributed by atoms with Crippen molar-refractivity contribution in [3.05, 3.63) is 40.1 Å². The minimum atomic E-state index is -0.141. The van der Waals surface area contributed by atoms with Crippen molar-refractivity contribution in [3.8, 4) is 0 Å². The minimum Gasteiger partial charge on any atom is -0.316 e. The lowest BCUT2D eigenvalue weighted by Gasteiger charge is -2.03. The molecule has 2 aromatic heterocycles. The van der Waals surface area contributed by atoms with E-state index in [0.717, 1.165) is 30.6 Å². The molecule has 0 atom stereocenters. The molecule has 0 aromatic carbocycles. The average Bonchev–Trinajstić information content (AvgIpc) is 2.41. The summed E-state index contributed by atoms with van der Waals surface area (Å²) < 4.78 is 0. The number of aromatic nitrogens is 4. The third-order valence-electron chi connectivity index (χ3n) is 2.53. The first-order chi connectivity index (χ1) is 9.71. The van der Waals surface area contributed by atoms with Gasteiger partial charge in [0.2, 0.25) is 0 Å². The Morgan fingerprint density at radius 1 is 1.35 bits per heavy atom.